The monoisotopic (exact) mass is 554 g/mol. The first-order chi connectivity index (χ1) is 7.34. The lowest BCUT2D eigenvalue weighted by molar-refractivity contribution is -0.116. The Morgan fingerprint density at radius 1 is 1.12 bits per heavy atom. The zero-order valence-corrected chi connectivity index (χ0v) is 15.2. The van der Waals surface area contributed by atoms with Crippen LogP contribution in [0.15, 0.2) is 6.07 Å². The minimum atomic E-state index is 0.0509. The lowest BCUT2D eigenvalue weighted by Gasteiger charge is -2.11. The van der Waals surface area contributed by atoms with Crippen LogP contribution in [0.1, 0.15) is 29.8 Å². The highest BCUT2D eigenvalue weighted by Gasteiger charge is 2.17. The number of Topliss-reactive ketones (excluding diaryl/α,β-unsaturated/α-hetero) is 2. The van der Waals surface area contributed by atoms with E-state index >= 15 is 0 Å². The second-order valence-corrected chi connectivity index (χ2v) is 6.85. The molecule has 0 aliphatic carbocycles. The molecule has 0 aromatic heterocycles. The molecule has 0 spiro atoms. The van der Waals surface area contributed by atoms with Gasteiger partial charge in [0.15, 0.2) is 5.78 Å². The summed E-state index contributed by atoms with van der Waals surface area (Å²) in [5.74, 6) is 0.168. The molecule has 0 bridgehead atoms. The van der Waals surface area contributed by atoms with E-state index in [0.29, 0.717) is 6.42 Å². The van der Waals surface area contributed by atoms with E-state index in [2.05, 4.69) is 67.8 Å². The number of carbonyl (C=O) groups excluding carboxylic acids is 2. The van der Waals surface area contributed by atoms with Crippen molar-refractivity contribution in [2.45, 2.75) is 20.3 Å². The van der Waals surface area contributed by atoms with Gasteiger partial charge in [0.25, 0.3) is 0 Å². The third kappa shape index (κ3) is 3.37. The normalized spacial score (nSPS) is 10.3. The fourth-order valence-corrected chi connectivity index (χ4v) is 5.88. The first-order valence-electron chi connectivity index (χ1n) is 4.51. The maximum Gasteiger partial charge on any atom is 0.161 e. The van der Waals surface area contributed by atoms with Crippen LogP contribution in [0.3, 0.4) is 0 Å². The second-order valence-electron chi connectivity index (χ2n) is 3.44. The van der Waals surface area contributed by atoms with Crippen molar-refractivity contribution in [3.05, 3.63) is 27.9 Å². The second kappa shape index (κ2) is 6.07. The van der Waals surface area contributed by atoms with E-state index in [1.54, 1.807) is 13.8 Å². The van der Waals surface area contributed by atoms with Crippen LogP contribution in [-0.4, -0.2) is 11.6 Å². The fourth-order valence-electron chi connectivity index (χ4n) is 1.36. The molecule has 1 aromatic carbocycles. The lowest BCUT2D eigenvalue weighted by Crippen LogP contribution is -2.09. The molecule has 0 N–H and O–H groups in total. The zero-order chi connectivity index (χ0) is 12.5. The summed E-state index contributed by atoms with van der Waals surface area (Å²) in [5, 5.41) is 0. The van der Waals surface area contributed by atoms with E-state index < -0.39 is 0 Å². The van der Waals surface area contributed by atoms with Crippen molar-refractivity contribution >= 4 is 79.3 Å². The summed E-state index contributed by atoms with van der Waals surface area (Å²) in [6.07, 6.45) is 0.397. The average molecular weight is 554 g/mol. The van der Waals surface area contributed by atoms with Crippen LogP contribution in [0.25, 0.3) is 0 Å². The van der Waals surface area contributed by atoms with E-state index in [9.17, 15) is 9.59 Å². The van der Waals surface area contributed by atoms with Crippen molar-refractivity contribution in [2.75, 3.05) is 0 Å². The molecular formula is C11H9I3O2. The summed E-state index contributed by atoms with van der Waals surface area (Å²) in [5.41, 5.74) is 1.71. The molecule has 0 radical (unpaired) electrons. The molecule has 1 rings (SSSR count). The molecule has 0 fully saturated rings. The number of hydrogen-bond acceptors (Lipinski definition) is 2. The molecule has 86 valence electrons. The summed E-state index contributed by atoms with van der Waals surface area (Å²) in [6.45, 7) is 3.13. The SMILES string of the molecule is CC(=O)Cc1c(I)cc(I)c(C(C)=O)c1I. The zero-order valence-electron chi connectivity index (χ0n) is 8.73. The van der Waals surface area contributed by atoms with Crippen LogP contribution < -0.4 is 0 Å². The van der Waals surface area contributed by atoms with E-state index in [0.717, 1.165) is 21.8 Å². The van der Waals surface area contributed by atoms with Gasteiger partial charge in [-0.15, -0.1) is 0 Å². The van der Waals surface area contributed by atoms with Crippen molar-refractivity contribution in [1.29, 1.82) is 0 Å². The van der Waals surface area contributed by atoms with Gasteiger partial charge >= 0.3 is 0 Å². The van der Waals surface area contributed by atoms with Crippen LogP contribution >= 0.6 is 67.8 Å². The molecular weight excluding hydrogens is 545 g/mol. The molecule has 0 atom stereocenters. The van der Waals surface area contributed by atoms with E-state index in [-0.39, 0.29) is 11.6 Å². The highest BCUT2D eigenvalue weighted by Crippen LogP contribution is 2.28. The van der Waals surface area contributed by atoms with Crippen LogP contribution in [0, 0.1) is 10.7 Å². The Balaban J connectivity index is 3.44. The predicted octanol–water partition coefficient (Wildman–Crippen LogP) is 3.83. The third-order valence-corrected chi connectivity index (χ3v) is 5.05. The average Bonchev–Trinajstić information content (AvgIpc) is 2.10. The minimum absolute atomic E-state index is 0.0509. The topological polar surface area (TPSA) is 34.1 Å². The highest BCUT2D eigenvalue weighted by atomic mass is 127. The summed E-state index contributed by atoms with van der Waals surface area (Å²) in [7, 11) is 0. The minimum Gasteiger partial charge on any atom is -0.300 e. The van der Waals surface area contributed by atoms with Gasteiger partial charge in [0.2, 0.25) is 0 Å². The van der Waals surface area contributed by atoms with Gasteiger partial charge in [0.1, 0.15) is 5.78 Å². The van der Waals surface area contributed by atoms with Gasteiger partial charge < -0.3 is 0 Å². The van der Waals surface area contributed by atoms with Crippen LogP contribution in [0.4, 0.5) is 0 Å². The Labute approximate surface area is 135 Å². The number of benzene rings is 1. The van der Waals surface area contributed by atoms with Gasteiger partial charge in [-0.05, 0) is 93.2 Å². The summed E-state index contributed by atoms with van der Waals surface area (Å²) < 4.78 is 2.91. The van der Waals surface area contributed by atoms with Gasteiger partial charge in [-0.1, -0.05) is 0 Å². The van der Waals surface area contributed by atoms with E-state index in [1.807, 2.05) is 6.07 Å². The van der Waals surface area contributed by atoms with Crippen molar-refractivity contribution < 1.29 is 9.59 Å². The maximum absolute atomic E-state index is 11.5. The fraction of sp³-hybridized carbons (Fsp3) is 0.273. The number of rotatable bonds is 3. The van der Waals surface area contributed by atoms with Crippen LogP contribution in [0.2, 0.25) is 0 Å². The molecule has 2 nitrogen and oxygen atoms in total. The van der Waals surface area contributed by atoms with E-state index in [1.165, 1.54) is 0 Å². The number of halogens is 3. The van der Waals surface area contributed by atoms with Crippen molar-refractivity contribution in [3.8, 4) is 0 Å². The quantitative estimate of drug-likeness (QED) is 0.421. The molecule has 5 heteroatoms. The maximum atomic E-state index is 11.5. The van der Waals surface area contributed by atoms with Crippen molar-refractivity contribution in [2.24, 2.45) is 0 Å². The van der Waals surface area contributed by atoms with Crippen molar-refractivity contribution in [3.63, 3.8) is 0 Å². The first-order valence-corrected chi connectivity index (χ1v) is 7.75. The lowest BCUT2D eigenvalue weighted by atomic mass is 10.0. The Hall–Kier alpha value is 0.750. The standard InChI is InChI=1S/C11H9I3O2/c1-5(15)3-7-8(12)4-9(13)10(6(2)16)11(7)14/h4H,3H2,1-2H3. The van der Waals surface area contributed by atoms with Gasteiger partial charge in [-0.25, -0.2) is 0 Å². The summed E-state index contributed by atoms with van der Waals surface area (Å²) in [4.78, 5) is 22.7. The Bertz CT molecular complexity index is 467. The van der Waals surface area contributed by atoms with Crippen LogP contribution in [0.5, 0.6) is 0 Å². The Kier molecular flexibility index (Phi) is 5.62. The molecule has 0 saturated heterocycles. The van der Waals surface area contributed by atoms with Gasteiger partial charge in [-0.3, -0.25) is 9.59 Å². The van der Waals surface area contributed by atoms with Gasteiger partial charge in [0, 0.05) is 22.7 Å². The highest BCUT2D eigenvalue weighted by molar-refractivity contribution is 14.1. The molecule has 1 aromatic rings. The molecule has 0 unspecified atom stereocenters. The summed E-state index contributed by atoms with van der Waals surface area (Å²) >= 11 is 6.53. The third-order valence-electron chi connectivity index (χ3n) is 2.04. The Morgan fingerprint density at radius 3 is 2.12 bits per heavy atom. The molecule has 0 aliphatic heterocycles. The molecule has 0 heterocycles. The number of carbonyl (C=O) groups is 2. The van der Waals surface area contributed by atoms with Crippen molar-refractivity contribution in [1.82, 2.24) is 0 Å². The van der Waals surface area contributed by atoms with Crippen LogP contribution in [-0.2, 0) is 11.2 Å². The summed E-state index contributed by atoms with van der Waals surface area (Å²) in [6, 6.07) is 1.96. The Morgan fingerprint density at radius 2 is 1.69 bits per heavy atom. The largest absolute Gasteiger partial charge is 0.300 e. The molecule has 0 aliphatic rings. The smallest absolute Gasteiger partial charge is 0.161 e. The number of ketones is 2. The molecule has 0 saturated carbocycles. The molecule has 0 amide bonds. The first kappa shape index (κ1) is 14.8. The van der Waals surface area contributed by atoms with E-state index in [4.69, 9.17) is 0 Å². The van der Waals surface area contributed by atoms with Gasteiger partial charge in [-0.2, -0.15) is 0 Å². The number of hydrogen-bond donors (Lipinski definition) is 0. The van der Waals surface area contributed by atoms with Gasteiger partial charge in [0.05, 0.1) is 0 Å². The molecule has 16 heavy (non-hydrogen) atoms. The predicted molar refractivity (Wildman–Crippen MR) is 89.0 cm³/mol.